The van der Waals surface area contributed by atoms with Crippen LogP contribution in [0.2, 0.25) is 0 Å². The van der Waals surface area contributed by atoms with Gasteiger partial charge in [0.05, 0.1) is 13.2 Å². The molecule has 0 aliphatic heterocycles. The summed E-state index contributed by atoms with van der Waals surface area (Å²) in [7, 11) is 0. The summed E-state index contributed by atoms with van der Waals surface area (Å²) in [6.07, 6.45) is -0.552. The van der Waals surface area contributed by atoms with Crippen molar-refractivity contribution in [1.29, 1.82) is 0 Å². The molecule has 0 bridgehead atoms. The topological polar surface area (TPSA) is 58.9 Å². The molecule has 2 unspecified atom stereocenters. The third kappa shape index (κ3) is 5.38. The molecule has 0 saturated heterocycles. The maximum atomic E-state index is 9.35. The standard InChI is InChI=1S/C20H34O4/c1-13(11-21)23-17-9-16(20(6,7)8)18(24-14(2)12-22)10-15(17)19(3,4)5/h9-10,13-14,21-22H,11-12H2,1-8H3. The molecule has 1 rings (SSSR count). The lowest BCUT2D eigenvalue weighted by molar-refractivity contribution is 0.123. The third-order valence-electron chi connectivity index (χ3n) is 3.87. The lowest BCUT2D eigenvalue weighted by Crippen LogP contribution is -2.24. The van der Waals surface area contributed by atoms with Crippen molar-refractivity contribution in [2.24, 2.45) is 0 Å². The van der Waals surface area contributed by atoms with Crippen molar-refractivity contribution in [1.82, 2.24) is 0 Å². The predicted molar refractivity (Wildman–Crippen MR) is 98.2 cm³/mol. The number of benzene rings is 1. The van der Waals surface area contributed by atoms with Gasteiger partial charge in [-0.25, -0.2) is 0 Å². The van der Waals surface area contributed by atoms with E-state index in [2.05, 4.69) is 41.5 Å². The molecule has 1 aromatic carbocycles. The minimum absolute atomic E-state index is 0.0335. The molecule has 4 heteroatoms. The molecule has 0 aliphatic carbocycles. The Morgan fingerprint density at radius 1 is 0.750 bits per heavy atom. The van der Waals surface area contributed by atoms with E-state index in [0.717, 1.165) is 22.6 Å². The summed E-state index contributed by atoms with van der Waals surface area (Å²) in [5.41, 5.74) is 1.77. The van der Waals surface area contributed by atoms with Crippen molar-refractivity contribution in [2.75, 3.05) is 13.2 Å². The van der Waals surface area contributed by atoms with Gasteiger partial charge in [0, 0.05) is 11.1 Å². The zero-order chi connectivity index (χ0) is 18.7. The smallest absolute Gasteiger partial charge is 0.124 e. The zero-order valence-electron chi connectivity index (χ0n) is 16.4. The SMILES string of the molecule is CC(CO)Oc1cc(C(C)(C)C)c(OC(C)CO)cc1C(C)(C)C. The highest BCUT2D eigenvalue weighted by Gasteiger charge is 2.28. The van der Waals surface area contributed by atoms with E-state index in [1.165, 1.54) is 0 Å². The maximum Gasteiger partial charge on any atom is 0.124 e. The Labute approximate surface area is 146 Å². The minimum atomic E-state index is -0.276. The molecule has 2 atom stereocenters. The lowest BCUT2D eigenvalue weighted by atomic mass is 9.80. The van der Waals surface area contributed by atoms with Crippen molar-refractivity contribution in [2.45, 2.75) is 78.4 Å². The molecule has 24 heavy (non-hydrogen) atoms. The number of ether oxygens (including phenoxy) is 2. The van der Waals surface area contributed by atoms with Gasteiger partial charge >= 0.3 is 0 Å². The van der Waals surface area contributed by atoms with Gasteiger partial charge in [-0.2, -0.15) is 0 Å². The van der Waals surface area contributed by atoms with Gasteiger partial charge in [-0.1, -0.05) is 41.5 Å². The Balaban J connectivity index is 3.53. The molecule has 0 aliphatic rings. The first kappa shape index (κ1) is 20.8. The van der Waals surface area contributed by atoms with E-state index in [1.54, 1.807) is 0 Å². The number of aliphatic hydroxyl groups excluding tert-OH is 2. The van der Waals surface area contributed by atoms with Crippen LogP contribution in [-0.4, -0.2) is 35.6 Å². The monoisotopic (exact) mass is 338 g/mol. The van der Waals surface area contributed by atoms with Crippen LogP contribution in [0.1, 0.15) is 66.5 Å². The molecule has 138 valence electrons. The molecule has 4 nitrogen and oxygen atoms in total. The van der Waals surface area contributed by atoms with Gasteiger partial charge in [0.25, 0.3) is 0 Å². The summed E-state index contributed by atoms with van der Waals surface area (Å²) < 4.78 is 12.0. The van der Waals surface area contributed by atoms with E-state index in [9.17, 15) is 10.2 Å². The summed E-state index contributed by atoms with van der Waals surface area (Å²) in [6.45, 7) is 16.3. The maximum absolute atomic E-state index is 9.35. The molecule has 0 aromatic heterocycles. The summed E-state index contributed by atoms with van der Waals surface area (Å²) in [5.74, 6) is 1.55. The Bertz CT molecular complexity index is 488. The van der Waals surface area contributed by atoms with E-state index >= 15 is 0 Å². The van der Waals surface area contributed by atoms with E-state index in [0.29, 0.717) is 0 Å². The van der Waals surface area contributed by atoms with E-state index in [-0.39, 0.29) is 36.3 Å². The normalized spacial score (nSPS) is 15.1. The average Bonchev–Trinajstić information content (AvgIpc) is 2.45. The number of aliphatic hydroxyl groups is 2. The summed E-state index contributed by atoms with van der Waals surface area (Å²) >= 11 is 0. The van der Waals surface area contributed by atoms with Crippen molar-refractivity contribution in [3.05, 3.63) is 23.3 Å². The number of hydrogen-bond acceptors (Lipinski definition) is 4. The summed E-state index contributed by atoms with van der Waals surface area (Å²) in [6, 6.07) is 4.04. The second-order valence-electron chi connectivity index (χ2n) is 8.57. The molecule has 1 aromatic rings. The van der Waals surface area contributed by atoms with Crippen LogP contribution in [0.4, 0.5) is 0 Å². The molecular weight excluding hydrogens is 304 g/mol. The van der Waals surface area contributed by atoms with Crippen molar-refractivity contribution >= 4 is 0 Å². The van der Waals surface area contributed by atoms with Crippen LogP contribution in [-0.2, 0) is 10.8 Å². The van der Waals surface area contributed by atoms with E-state index in [4.69, 9.17) is 9.47 Å². The molecule has 2 N–H and O–H groups in total. The fourth-order valence-corrected chi connectivity index (χ4v) is 2.44. The lowest BCUT2D eigenvalue weighted by Gasteiger charge is -2.30. The minimum Gasteiger partial charge on any atom is -0.488 e. The van der Waals surface area contributed by atoms with Crippen LogP contribution in [0.15, 0.2) is 12.1 Å². The van der Waals surface area contributed by atoms with E-state index < -0.39 is 0 Å². The van der Waals surface area contributed by atoms with Gasteiger partial charge in [0.2, 0.25) is 0 Å². The van der Waals surface area contributed by atoms with Crippen LogP contribution < -0.4 is 9.47 Å². The third-order valence-corrected chi connectivity index (χ3v) is 3.87. The van der Waals surface area contributed by atoms with Crippen LogP contribution >= 0.6 is 0 Å². The molecule has 0 heterocycles. The summed E-state index contributed by atoms with van der Waals surface area (Å²) in [4.78, 5) is 0. The average molecular weight is 338 g/mol. The van der Waals surface area contributed by atoms with Crippen molar-refractivity contribution < 1.29 is 19.7 Å². The molecule has 0 spiro atoms. The van der Waals surface area contributed by atoms with Gasteiger partial charge < -0.3 is 19.7 Å². The Morgan fingerprint density at radius 3 is 1.25 bits per heavy atom. The number of hydrogen-bond donors (Lipinski definition) is 2. The largest absolute Gasteiger partial charge is 0.488 e. The van der Waals surface area contributed by atoms with Gasteiger partial charge in [-0.3, -0.25) is 0 Å². The van der Waals surface area contributed by atoms with Gasteiger partial charge in [0.1, 0.15) is 23.7 Å². The van der Waals surface area contributed by atoms with Crippen LogP contribution in [0.5, 0.6) is 11.5 Å². The van der Waals surface area contributed by atoms with Gasteiger partial charge in [-0.15, -0.1) is 0 Å². The quantitative estimate of drug-likeness (QED) is 0.828. The first-order valence-electron chi connectivity index (χ1n) is 8.64. The first-order chi connectivity index (χ1) is 10.9. The molecule has 0 saturated carbocycles. The second kappa shape index (κ2) is 7.75. The van der Waals surface area contributed by atoms with Crippen LogP contribution in [0, 0.1) is 0 Å². The van der Waals surface area contributed by atoms with Crippen molar-refractivity contribution in [3.8, 4) is 11.5 Å². The molecule has 0 radical (unpaired) electrons. The predicted octanol–water partition coefficient (Wildman–Crippen LogP) is 3.80. The number of rotatable bonds is 6. The highest BCUT2D eigenvalue weighted by atomic mass is 16.5. The molecule has 0 fully saturated rings. The van der Waals surface area contributed by atoms with Crippen LogP contribution in [0.3, 0.4) is 0 Å². The van der Waals surface area contributed by atoms with Crippen LogP contribution in [0.25, 0.3) is 0 Å². The Hall–Kier alpha value is -1.26. The Morgan fingerprint density at radius 2 is 1.04 bits per heavy atom. The highest BCUT2D eigenvalue weighted by molar-refractivity contribution is 5.51. The zero-order valence-corrected chi connectivity index (χ0v) is 16.4. The fourth-order valence-electron chi connectivity index (χ4n) is 2.44. The fraction of sp³-hybridized carbons (Fsp3) is 0.700. The highest BCUT2D eigenvalue weighted by Crippen LogP contribution is 2.41. The van der Waals surface area contributed by atoms with Gasteiger partial charge in [0.15, 0.2) is 0 Å². The molecular formula is C20H34O4. The first-order valence-corrected chi connectivity index (χ1v) is 8.64. The van der Waals surface area contributed by atoms with E-state index in [1.807, 2.05) is 26.0 Å². The van der Waals surface area contributed by atoms with Crippen molar-refractivity contribution in [3.63, 3.8) is 0 Å². The molecule has 0 amide bonds. The van der Waals surface area contributed by atoms with Gasteiger partial charge in [-0.05, 0) is 36.8 Å². The second-order valence-corrected chi connectivity index (χ2v) is 8.57. The Kier molecular flexibility index (Phi) is 6.71. The summed E-state index contributed by atoms with van der Waals surface area (Å²) in [5, 5.41) is 18.7.